The third-order valence-electron chi connectivity index (χ3n) is 10.2. The highest BCUT2D eigenvalue weighted by molar-refractivity contribution is 6.24. The molecule has 2 heteroatoms. The molecule has 10 aromatic rings. The third-order valence-corrected chi connectivity index (χ3v) is 10.2. The Morgan fingerprint density at radius 1 is 0.294 bits per heavy atom. The maximum absolute atomic E-state index is 6.31. The fourth-order valence-electron chi connectivity index (χ4n) is 7.90. The molecule has 238 valence electrons. The molecule has 8 aromatic carbocycles. The lowest BCUT2D eigenvalue weighted by atomic mass is 9.79. The lowest BCUT2D eigenvalue weighted by Gasteiger charge is -2.23. The first kappa shape index (κ1) is 29.2. The quantitative estimate of drug-likeness (QED) is 0.173. The number of nitrogens with zero attached hydrogens (tertiary/aromatic N) is 1. The van der Waals surface area contributed by atoms with Gasteiger partial charge in [-0.15, -0.1) is 0 Å². The minimum atomic E-state index is 0.890. The summed E-state index contributed by atoms with van der Waals surface area (Å²) in [5.74, 6) is 0. The second-order valence-electron chi connectivity index (χ2n) is 13.1. The lowest BCUT2D eigenvalue weighted by molar-refractivity contribution is 0.669. The minimum Gasteiger partial charge on any atom is -0.456 e. The zero-order valence-electron chi connectivity index (χ0n) is 27.8. The van der Waals surface area contributed by atoms with Crippen LogP contribution in [-0.4, -0.2) is 4.98 Å². The van der Waals surface area contributed by atoms with Crippen LogP contribution in [0.1, 0.15) is 0 Å². The number of hydrogen-bond donors (Lipinski definition) is 0. The smallest absolute Gasteiger partial charge is 0.135 e. The molecule has 0 aliphatic carbocycles. The van der Waals surface area contributed by atoms with Gasteiger partial charge in [-0.25, -0.2) is 0 Å². The van der Waals surface area contributed by atoms with Crippen molar-refractivity contribution < 1.29 is 4.42 Å². The Balaban J connectivity index is 1.40. The van der Waals surface area contributed by atoms with Crippen molar-refractivity contribution in [3.63, 3.8) is 0 Å². The van der Waals surface area contributed by atoms with Crippen LogP contribution < -0.4 is 0 Å². The van der Waals surface area contributed by atoms with E-state index in [0.717, 1.165) is 33.1 Å². The molecule has 51 heavy (non-hydrogen) atoms. The van der Waals surface area contributed by atoms with E-state index in [1.165, 1.54) is 66.1 Å². The SMILES string of the molecule is c1ccc(-c2cc(-c3ccccc3)c(-c3c4ccccc4c(-c4ccncc4)c4ccccc34)c(-c3ccc4oc5ccccc5c4c3)c2)cc1. The number of benzene rings is 8. The van der Waals surface area contributed by atoms with Crippen LogP contribution >= 0.6 is 0 Å². The van der Waals surface area contributed by atoms with Crippen LogP contribution in [0.15, 0.2) is 193 Å². The molecule has 0 unspecified atom stereocenters. The second-order valence-corrected chi connectivity index (χ2v) is 13.1. The molecule has 0 aliphatic heterocycles. The highest BCUT2D eigenvalue weighted by atomic mass is 16.3. The average Bonchev–Trinajstić information content (AvgIpc) is 3.58. The summed E-state index contributed by atoms with van der Waals surface area (Å²) in [6.07, 6.45) is 3.77. The Morgan fingerprint density at radius 2 is 0.804 bits per heavy atom. The van der Waals surface area contributed by atoms with E-state index in [1.807, 2.05) is 24.5 Å². The normalized spacial score (nSPS) is 11.5. The van der Waals surface area contributed by atoms with Gasteiger partial charge in [0.15, 0.2) is 0 Å². The van der Waals surface area contributed by atoms with Crippen molar-refractivity contribution in [1.29, 1.82) is 0 Å². The van der Waals surface area contributed by atoms with Crippen LogP contribution in [0.3, 0.4) is 0 Å². The van der Waals surface area contributed by atoms with Gasteiger partial charge in [0.2, 0.25) is 0 Å². The summed E-state index contributed by atoms with van der Waals surface area (Å²) in [6.45, 7) is 0. The van der Waals surface area contributed by atoms with Crippen molar-refractivity contribution in [2.45, 2.75) is 0 Å². The molecular formula is C49H31NO. The molecule has 0 radical (unpaired) electrons. The van der Waals surface area contributed by atoms with Gasteiger partial charge in [-0.3, -0.25) is 4.98 Å². The van der Waals surface area contributed by atoms with Gasteiger partial charge < -0.3 is 4.42 Å². The average molecular weight is 650 g/mol. The number of hydrogen-bond acceptors (Lipinski definition) is 2. The zero-order valence-corrected chi connectivity index (χ0v) is 27.8. The first-order valence-corrected chi connectivity index (χ1v) is 17.4. The minimum absolute atomic E-state index is 0.890. The Hall–Kier alpha value is -6.77. The van der Waals surface area contributed by atoms with Crippen molar-refractivity contribution in [3.8, 4) is 55.6 Å². The summed E-state index contributed by atoms with van der Waals surface area (Å²) in [6, 6.07) is 63.3. The van der Waals surface area contributed by atoms with E-state index >= 15 is 0 Å². The van der Waals surface area contributed by atoms with Gasteiger partial charge >= 0.3 is 0 Å². The molecular weight excluding hydrogens is 619 g/mol. The molecule has 2 nitrogen and oxygen atoms in total. The van der Waals surface area contributed by atoms with Gasteiger partial charge in [0.1, 0.15) is 11.2 Å². The summed E-state index contributed by atoms with van der Waals surface area (Å²) in [5.41, 5.74) is 13.6. The Bertz CT molecular complexity index is 2830. The summed E-state index contributed by atoms with van der Waals surface area (Å²) >= 11 is 0. The highest BCUT2D eigenvalue weighted by Gasteiger charge is 2.23. The van der Waals surface area contributed by atoms with Gasteiger partial charge in [0.25, 0.3) is 0 Å². The van der Waals surface area contributed by atoms with Crippen LogP contribution in [0.2, 0.25) is 0 Å². The van der Waals surface area contributed by atoms with E-state index in [1.54, 1.807) is 0 Å². The van der Waals surface area contributed by atoms with Gasteiger partial charge in [-0.2, -0.15) is 0 Å². The number of rotatable bonds is 5. The van der Waals surface area contributed by atoms with Crippen molar-refractivity contribution in [2.24, 2.45) is 0 Å². The molecule has 0 amide bonds. The van der Waals surface area contributed by atoms with E-state index in [2.05, 4.69) is 169 Å². The summed E-state index contributed by atoms with van der Waals surface area (Å²) in [5, 5.41) is 7.09. The molecule has 0 bridgehead atoms. The predicted molar refractivity (Wildman–Crippen MR) is 214 cm³/mol. The Labute approximate surface area is 295 Å². The van der Waals surface area contributed by atoms with Gasteiger partial charge in [0, 0.05) is 23.2 Å². The molecule has 0 fully saturated rings. The Morgan fingerprint density at radius 3 is 1.45 bits per heavy atom. The molecule has 2 aromatic heterocycles. The van der Waals surface area contributed by atoms with Crippen LogP contribution in [0, 0.1) is 0 Å². The molecule has 2 heterocycles. The molecule has 0 saturated heterocycles. The van der Waals surface area contributed by atoms with Crippen molar-refractivity contribution >= 4 is 43.5 Å². The summed E-state index contributed by atoms with van der Waals surface area (Å²) in [4.78, 5) is 4.35. The number of fused-ring (bicyclic) bond motifs is 5. The first-order chi connectivity index (χ1) is 25.3. The van der Waals surface area contributed by atoms with Gasteiger partial charge in [-0.1, -0.05) is 133 Å². The van der Waals surface area contributed by atoms with Crippen molar-refractivity contribution in [1.82, 2.24) is 4.98 Å². The van der Waals surface area contributed by atoms with E-state index in [9.17, 15) is 0 Å². The van der Waals surface area contributed by atoms with E-state index in [0.29, 0.717) is 0 Å². The standard InChI is InChI=1S/C49H31NO/c1-3-13-32(14-4-1)36-30-42(33-15-5-2-6-16-33)49(43(31-36)35-23-24-46-44(29-35)37-17-11-12-22-45(37)51-46)48-40-20-9-7-18-38(40)47(34-25-27-50-28-26-34)39-19-8-10-21-41(39)48/h1-31H. The van der Waals surface area contributed by atoms with Crippen LogP contribution in [0.4, 0.5) is 0 Å². The van der Waals surface area contributed by atoms with E-state index in [4.69, 9.17) is 4.42 Å². The Kier molecular flexibility index (Phi) is 6.85. The second kappa shape index (κ2) is 12.0. The number of aromatic nitrogens is 1. The molecule has 0 atom stereocenters. The van der Waals surface area contributed by atoms with Crippen LogP contribution in [0.25, 0.3) is 99.1 Å². The maximum Gasteiger partial charge on any atom is 0.135 e. The van der Waals surface area contributed by atoms with E-state index in [-0.39, 0.29) is 0 Å². The highest BCUT2D eigenvalue weighted by Crippen LogP contribution is 2.50. The van der Waals surface area contributed by atoms with Gasteiger partial charge in [0.05, 0.1) is 0 Å². The summed E-state index contributed by atoms with van der Waals surface area (Å²) < 4.78 is 6.31. The number of furan rings is 1. The summed E-state index contributed by atoms with van der Waals surface area (Å²) in [7, 11) is 0. The first-order valence-electron chi connectivity index (χ1n) is 17.4. The third kappa shape index (κ3) is 4.84. The molecule has 10 rings (SSSR count). The van der Waals surface area contributed by atoms with Gasteiger partial charge in [-0.05, 0) is 120 Å². The molecule has 0 saturated carbocycles. The molecule has 0 N–H and O–H groups in total. The number of pyridine rings is 1. The van der Waals surface area contributed by atoms with Crippen molar-refractivity contribution in [2.75, 3.05) is 0 Å². The van der Waals surface area contributed by atoms with Crippen LogP contribution in [0.5, 0.6) is 0 Å². The molecule has 0 aliphatic rings. The maximum atomic E-state index is 6.31. The largest absolute Gasteiger partial charge is 0.456 e. The topological polar surface area (TPSA) is 26.0 Å². The van der Waals surface area contributed by atoms with Crippen LogP contribution in [-0.2, 0) is 0 Å². The molecule has 0 spiro atoms. The lowest BCUT2D eigenvalue weighted by Crippen LogP contribution is -1.96. The predicted octanol–water partition coefficient (Wildman–Crippen LogP) is 13.6. The zero-order chi connectivity index (χ0) is 33.7. The number of para-hydroxylation sites is 1. The van der Waals surface area contributed by atoms with Crippen molar-refractivity contribution in [3.05, 3.63) is 188 Å². The monoisotopic (exact) mass is 649 g/mol. The fraction of sp³-hybridized carbons (Fsp3) is 0. The van der Waals surface area contributed by atoms with E-state index < -0.39 is 0 Å². The fourth-order valence-corrected chi connectivity index (χ4v) is 7.90.